The van der Waals surface area contributed by atoms with Crippen molar-refractivity contribution in [2.24, 2.45) is 17.8 Å². The molecule has 0 bridgehead atoms. The zero-order valence-corrected chi connectivity index (χ0v) is 10.0. The molecule has 1 saturated carbocycles. The van der Waals surface area contributed by atoms with E-state index in [0.717, 1.165) is 19.4 Å². The minimum absolute atomic E-state index is 0.113. The van der Waals surface area contributed by atoms with E-state index in [2.05, 4.69) is 5.32 Å². The summed E-state index contributed by atoms with van der Waals surface area (Å²) in [7, 11) is 0. The Kier molecular flexibility index (Phi) is 3.66. The molecule has 2 N–H and O–H groups in total. The quantitative estimate of drug-likeness (QED) is 0.706. The van der Waals surface area contributed by atoms with E-state index in [0.29, 0.717) is 12.5 Å². The van der Waals surface area contributed by atoms with Crippen molar-refractivity contribution in [3.63, 3.8) is 0 Å². The monoisotopic (exact) mass is 241 g/mol. The van der Waals surface area contributed by atoms with Crippen LogP contribution in [0.2, 0.25) is 0 Å². The van der Waals surface area contributed by atoms with Gasteiger partial charge in [0.15, 0.2) is 0 Å². The number of esters is 1. The molecule has 0 amide bonds. The number of hydrogen-bond acceptors (Lipinski definition) is 4. The van der Waals surface area contributed by atoms with Crippen LogP contribution < -0.4 is 5.32 Å². The number of rotatable bonds is 4. The molecule has 0 aromatic carbocycles. The Morgan fingerprint density at radius 2 is 2.18 bits per heavy atom. The standard InChI is InChI=1S/C12H19NO4/c1-2-17-12(16)11-10-7(5-9(14)15)3-4-8(10)6-13-11/h7-8,10-11,13H,2-6H2,1H3,(H,14,15). The fourth-order valence-electron chi connectivity index (χ4n) is 3.33. The van der Waals surface area contributed by atoms with Gasteiger partial charge in [0, 0.05) is 6.42 Å². The van der Waals surface area contributed by atoms with Crippen molar-refractivity contribution in [3.8, 4) is 0 Å². The number of carboxylic acids is 1. The first kappa shape index (κ1) is 12.4. The highest BCUT2D eigenvalue weighted by Gasteiger charge is 2.48. The van der Waals surface area contributed by atoms with Crippen molar-refractivity contribution in [2.75, 3.05) is 13.2 Å². The lowest BCUT2D eigenvalue weighted by Crippen LogP contribution is -2.39. The third-order valence-electron chi connectivity index (χ3n) is 3.96. The predicted molar refractivity (Wildman–Crippen MR) is 60.4 cm³/mol. The van der Waals surface area contributed by atoms with Gasteiger partial charge in [-0.15, -0.1) is 0 Å². The SMILES string of the molecule is CCOC(=O)C1NCC2CCC(CC(=O)O)C21. The molecule has 1 aliphatic heterocycles. The summed E-state index contributed by atoms with van der Waals surface area (Å²) in [6.07, 6.45) is 2.10. The summed E-state index contributed by atoms with van der Waals surface area (Å²) in [5, 5.41) is 12.1. The third-order valence-corrected chi connectivity index (χ3v) is 3.96. The third kappa shape index (κ3) is 2.44. The summed E-state index contributed by atoms with van der Waals surface area (Å²) >= 11 is 0. The highest BCUT2D eigenvalue weighted by Crippen LogP contribution is 2.44. The van der Waals surface area contributed by atoms with Crippen molar-refractivity contribution in [2.45, 2.75) is 32.2 Å². The number of nitrogens with one attached hydrogen (secondary N) is 1. The van der Waals surface area contributed by atoms with Crippen molar-refractivity contribution >= 4 is 11.9 Å². The molecule has 0 aromatic heterocycles. The first-order valence-corrected chi connectivity index (χ1v) is 6.25. The van der Waals surface area contributed by atoms with Crippen LogP contribution >= 0.6 is 0 Å². The second-order valence-electron chi connectivity index (χ2n) is 4.91. The number of hydrogen-bond donors (Lipinski definition) is 2. The van der Waals surface area contributed by atoms with Crippen molar-refractivity contribution < 1.29 is 19.4 Å². The van der Waals surface area contributed by atoms with Crippen LogP contribution in [-0.2, 0) is 14.3 Å². The largest absolute Gasteiger partial charge is 0.481 e. The smallest absolute Gasteiger partial charge is 0.323 e. The highest BCUT2D eigenvalue weighted by atomic mass is 16.5. The van der Waals surface area contributed by atoms with Crippen molar-refractivity contribution in [3.05, 3.63) is 0 Å². The first-order chi connectivity index (χ1) is 8.13. The van der Waals surface area contributed by atoms with Gasteiger partial charge < -0.3 is 15.2 Å². The maximum atomic E-state index is 11.8. The fraction of sp³-hybridized carbons (Fsp3) is 0.833. The second kappa shape index (κ2) is 5.04. The van der Waals surface area contributed by atoms with Gasteiger partial charge in [-0.1, -0.05) is 0 Å². The van der Waals surface area contributed by atoms with E-state index in [1.807, 2.05) is 0 Å². The van der Waals surface area contributed by atoms with E-state index >= 15 is 0 Å². The summed E-state index contributed by atoms with van der Waals surface area (Å²) < 4.78 is 5.04. The van der Waals surface area contributed by atoms with Gasteiger partial charge in [-0.3, -0.25) is 9.59 Å². The Morgan fingerprint density at radius 1 is 1.41 bits per heavy atom. The molecule has 5 heteroatoms. The summed E-state index contributed by atoms with van der Waals surface area (Å²) in [4.78, 5) is 22.6. The number of carbonyl (C=O) groups excluding carboxylic acids is 1. The second-order valence-corrected chi connectivity index (χ2v) is 4.91. The molecule has 17 heavy (non-hydrogen) atoms. The molecule has 2 fully saturated rings. The zero-order chi connectivity index (χ0) is 12.4. The molecule has 0 radical (unpaired) electrons. The molecular weight excluding hydrogens is 222 g/mol. The van der Waals surface area contributed by atoms with Crippen LogP contribution in [0.3, 0.4) is 0 Å². The number of ether oxygens (including phenoxy) is 1. The van der Waals surface area contributed by atoms with Gasteiger partial charge >= 0.3 is 11.9 Å². The van der Waals surface area contributed by atoms with Gasteiger partial charge in [-0.25, -0.2) is 0 Å². The van der Waals surface area contributed by atoms with E-state index in [-0.39, 0.29) is 30.3 Å². The number of aliphatic carboxylic acids is 1. The van der Waals surface area contributed by atoms with E-state index < -0.39 is 5.97 Å². The molecule has 5 nitrogen and oxygen atoms in total. The Hall–Kier alpha value is -1.10. The summed E-state index contributed by atoms with van der Waals surface area (Å²) in [6, 6.07) is -0.299. The van der Waals surface area contributed by atoms with Crippen LogP contribution in [0, 0.1) is 17.8 Å². The molecule has 4 atom stereocenters. The Labute approximate surface area is 101 Å². The lowest BCUT2D eigenvalue weighted by Gasteiger charge is -2.22. The zero-order valence-electron chi connectivity index (χ0n) is 10.0. The average Bonchev–Trinajstić information content (AvgIpc) is 2.81. The minimum atomic E-state index is -0.773. The molecular formula is C12H19NO4. The number of carbonyl (C=O) groups is 2. The summed E-state index contributed by atoms with van der Waals surface area (Å²) in [5.41, 5.74) is 0. The highest BCUT2D eigenvalue weighted by molar-refractivity contribution is 5.77. The maximum absolute atomic E-state index is 11.8. The van der Waals surface area contributed by atoms with Crippen LogP contribution in [0.15, 0.2) is 0 Å². The van der Waals surface area contributed by atoms with E-state index in [9.17, 15) is 9.59 Å². The van der Waals surface area contributed by atoms with E-state index in [1.54, 1.807) is 6.92 Å². The molecule has 1 heterocycles. The van der Waals surface area contributed by atoms with Gasteiger partial charge in [-0.2, -0.15) is 0 Å². The molecule has 96 valence electrons. The van der Waals surface area contributed by atoms with Crippen LogP contribution in [0.25, 0.3) is 0 Å². The van der Waals surface area contributed by atoms with Crippen LogP contribution in [-0.4, -0.2) is 36.2 Å². The lowest BCUT2D eigenvalue weighted by atomic mass is 9.85. The molecule has 4 unspecified atom stereocenters. The number of fused-ring (bicyclic) bond motifs is 1. The van der Waals surface area contributed by atoms with E-state index in [1.165, 1.54) is 0 Å². The van der Waals surface area contributed by atoms with Crippen molar-refractivity contribution in [1.29, 1.82) is 0 Å². The van der Waals surface area contributed by atoms with Crippen LogP contribution in [0.4, 0.5) is 0 Å². The Balaban J connectivity index is 2.04. The molecule has 2 rings (SSSR count). The van der Waals surface area contributed by atoms with Gasteiger partial charge in [-0.05, 0) is 44.1 Å². The number of carboxylic acid groups (broad SMARTS) is 1. The van der Waals surface area contributed by atoms with Crippen molar-refractivity contribution in [1.82, 2.24) is 5.32 Å². The average molecular weight is 241 g/mol. The van der Waals surface area contributed by atoms with Crippen LogP contribution in [0.1, 0.15) is 26.2 Å². The van der Waals surface area contributed by atoms with Crippen LogP contribution in [0.5, 0.6) is 0 Å². The molecule has 1 saturated heterocycles. The molecule has 0 spiro atoms. The molecule has 2 aliphatic rings. The Morgan fingerprint density at radius 3 is 2.82 bits per heavy atom. The first-order valence-electron chi connectivity index (χ1n) is 6.25. The summed E-state index contributed by atoms with van der Waals surface area (Å²) in [6.45, 7) is 2.97. The summed E-state index contributed by atoms with van der Waals surface area (Å²) in [5.74, 6) is -0.303. The minimum Gasteiger partial charge on any atom is -0.481 e. The molecule has 1 aliphatic carbocycles. The van der Waals surface area contributed by atoms with Gasteiger partial charge in [0.2, 0.25) is 0 Å². The van der Waals surface area contributed by atoms with Gasteiger partial charge in [0.1, 0.15) is 6.04 Å². The predicted octanol–water partition coefficient (Wildman–Crippen LogP) is 0.638. The topological polar surface area (TPSA) is 75.6 Å². The maximum Gasteiger partial charge on any atom is 0.323 e. The molecule has 0 aromatic rings. The normalized spacial score (nSPS) is 35.6. The fourth-order valence-corrected chi connectivity index (χ4v) is 3.33. The Bertz CT molecular complexity index is 318. The van der Waals surface area contributed by atoms with E-state index in [4.69, 9.17) is 9.84 Å². The lowest BCUT2D eigenvalue weighted by molar-refractivity contribution is -0.148. The van der Waals surface area contributed by atoms with Gasteiger partial charge in [0.05, 0.1) is 6.61 Å². The van der Waals surface area contributed by atoms with Gasteiger partial charge in [0.25, 0.3) is 0 Å².